The molecule has 186 valence electrons. The summed E-state index contributed by atoms with van der Waals surface area (Å²) in [5.41, 5.74) is 8.40. The van der Waals surface area contributed by atoms with Crippen molar-refractivity contribution in [3.8, 4) is 11.3 Å². The minimum Gasteiger partial charge on any atom is -0.378 e. The van der Waals surface area contributed by atoms with E-state index in [1.165, 1.54) is 0 Å². The highest BCUT2D eigenvalue weighted by atomic mass is 19.3. The third-order valence-corrected chi connectivity index (χ3v) is 6.01. The van der Waals surface area contributed by atoms with Gasteiger partial charge in [-0.15, -0.1) is 10.2 Å². The van der Waals surface area contributed by atoms with E-state index >= 15 is 0 Å². The van der Waals surface area contributed by atoms with Crippen molar-refractivity contribution in [2.24, 2.45) is 0 Å². The van der Waals surface area contributed by atoms with E-state index in [2.05, 4.69) is 35.6 Å². The zero-order valence-electron chi connectivity index (χ0n) is 19.0. The normalized spacial score (nSPS) is 18.7. The fraction of sp³-hybridized carbons (Fsp3) is 0.476. The number of rotatable bonds is 5. The lowest BCUT2D eigenvalue weighted by Crippen LogP contribution is -2.47. The molecular weight excluding hydrogens is 465 g/mol. The number of nitrogens with one attached hydrogen (secondary N) is 1. The Labute approximate surface area is 198 Å². The van der Waals surface area contributed by atoms with Crippen molar-refractivity contribution in [3.05, 3.63) is 24.4 Å². The quantitative estimate of drug-likeness (QED) is 0.431. The molecule has 4 aromatic rings. The third kappa shape index (κ3) is 4.71. The number of nitrogens with two attached hydrogens (primary N) is 1. The van der Waals surface area contributed by atoms with E-state index in [9.17, 15) is 13.2 Å². The van der Waals surface area contributed by atoms with E-state index in [1.54, 1.807) is 36.0 Å². The number of pyridine rings is 1. The maximum Gasteiger partial charge on any atom is 0.258 e. The molecule has 2 fully saturated rings. The first-order valence-electron chi connectivity index (χ1n) is 11.2. The van der Waals surface area contributed by atoms with Crippen LogP contribution in [0.1, 0.15) is 6.42 Å². The van der Waals surface area contributed by atoms with Crippen LogP contribution in [0.5, 0.6) is 0 Å². The van der Waals surface area contributed by atoms with Gasteiger partial charge in [0.1, 0.15) is 23.7 Å². The molecule has 4 aromatic heterocycles. The summed E-state index contributed by atoms with van der Waals surface area (Å²) in [6.07, 6.45) is -0.681. The summed E-state index contributed by atoms with van der Waals surface area (Å²) >= 11 is 0. The topological polar surface area (TPSA) is 124 Å². The standard InChI is InChI=1S/C14H13F2N9.C7H12FNO/c1-18-12-11-7(4-5-24(11)22-14(17)20-12)8-2-3-9-13(19-8)25(23-21-9)6-10(15)16;8-6-1-2-9(3-6)7-4-10-5-7/h2-5,10H,6H2,1H3,(H3,17,18,20,22);6-7H,1-5H2/t;6-/m.1/s1. The number of anilines is 2. The predicted molar refractivity (Wildman–Crippen MR) is 123 cm³/mol. The van der Waals surface area contributed by atoms with Crippen LogP contribution in [0, 0.1) is 0 Å². The average Bonchev–Trinajstić information content (AvgIpc) is 3.51. The highest BCUT2D eigenvalue weighted by molar-refractivity contribution is 5.89. The molecular formula is C21H25F3N10O. The van der Waals surface area contributed by atoms with Gasteiger partial charge in [0.05, 0.1) is 24.9 Å². The van der Waals surface area contributed by atoms with Crippen molar-refractivity contribution in [1.82, 2.24) is 39.5 Å². The molecule has 11 nitrogen and oxygen atoms in total. The second kappa shape index (κ2) is 9.62. The number of fused-ring (bicyclic) bond motifs is 2. The maximum atomic E-state index is 12.7. The van der Waals surface area contributed by atoms with Crippen molar-refractivity contribution >= 4 is 28.4 Å². The summed E-state index contributed by atoms with van der Waals surface area (Å²) in [6.45, 7) is 2.62. The molecule has 0 radical (unpaired) electrons. The summed E-state index contributed by atoms with van der Waals surface area (Å²) in [6, 6.07) is 5.77. The summed E-state index contributed by atoms with van der Waals surface area (Å²) in [5.74, 6) is 0.662. The van der Waals surface area contributed by atoms with E-state index in [4.69, 9.17) is 10.5 Å². The van der Waals surface area contributed by atoms with Gasteiger partial charge in [-0.05, 0) is 24.6 Å². The summed E-state index contributed by atoms with van der Waals surface area (Å²) in [5, 5.41) is 14.7. The van der Waals surface area contributed by atoms with Gasteiger partial charge in [0.25, 0.3) is 6.43 Å². The molecule has 0 bridgehead atoms. The Bertz CT molecular complexity index is 1320. The van der Waals surface area contributed by atoms with Crippen LogP contribution < -0.4 is 11.1 Å². The van der Waals surface area contributed by atoms with Crippen molar-refractivity contribution in [1.29, 1.82) is 0 Å². The molecule has 1 atom stereocenters. The lowest BCUT2D eigenvalue weighted by atomic mass is 10.2. The van der Waals surface area contributed by atoms with E-state index in [0.717, 1.165) is 36.4 Å². The van der Waals surface area contributed by atoms with Crippen LogP contribution in [-0.2, 0) is 11.3 Å². The average molecular weight is 490 g/mol. The number of likely N-dealkylation sites (tertiary alicyclic amines) is 1. The van der Waals surface area contributed by atoms with Crippen LogP contribution in [0.2, 0.25) is 0 Å². The lowest BCUT2D eigenvalue weighted by molar-refractivity contribution is -0.0584. The Morgan fingerprint density at radius 1 is 1.23 bits per heavy atom. The first-order valence-corrected chi connectivity index (χ1v) is 11.2. The number of nitrogen functional groups attached to an aromatic ring is 1. The third-order valence-electron chi connectivity index (χ3n) is 6.01. The molecule has 2 aliphatic rings. The largest absolute Gasteiger partial charge is 0.378 e. The van der Waals surface area contributed by atoms with Crippen LogP contribution >= 0.6 is 0 Å². The summed E-state index contributed by atoms with van der Waals surface area (Å²) in [7, 11) is 1.72. The second-order valence-corrected chi connectivity index (χ2v) is 8.37. The van der Waals surface area contributed by atoms with Crippen LogP contribution in [-0.4, -0.2) is 91.5 Å². The Kier molecular flexibility index (Phi) is 6.38. The highest BCUT2D eigenvalue weighted by Gasteiger charge is 2.32. The lowest BCUT2D eigenvalue weighted by Gasteiger charge is -2.34. The Balaban J connectivity index is 0.000000211. The second-order valence-electron chi connectivity index (χ2n) is 8.37. The Morgan fingerprint density at radius 2 is 2.06 bits per heavy atom. The van der Waals surface area contributed by atoms with Gasteiger partial charge in [-0.2, -0.15) is 4.98 Å². The van der Waals surface area contributed by atoms with Crippen LogP contribution in [0.25, 0.3) is 27.9 Å². The number of hydrogen-bond acceptors (Lipinski definition) is 9. The molecule has 0 saturated carbocycles. The van der Waals surface area contributed by atoms with E-state index in [1.807, 2.05) is 0 Å². The highest BCUT2D eigenvalue weighted by Crippen LogP contribution is 2.29. The van der Waals surface area contributed by atoms with Gasteiger partial charge in [0, 0.05) is 31.9 Å². The Morgan fingerprint density at radius 3 is 2.71 bits per heavy atom. The molecule has 0 spiro atoms. The van der Waals surface area contributed by atoms with Gasteiger partial charge in [0.15, 0.2) is 11.5 Å². The number of hydrogen-bond donors (Lipinski definition) is 2. The van der Waals surface area contributed by atoms with Crippen LogP contribution in [0.15, 0.2) is 24.4 Å². The zero-order valence-corrected chi connectivity index (χ0v) is 19.0. The van der Waals surface area contributed by atoms with E-state index < -0.39 is 19.1 Å². The Hall–Kier alpha value is -3.52. The first-order chi connectivity index (χ1) is 16.9. The maximum absolute atomic E-state index is 12.7. The van der Waals surface area contributed by atoms with E-state index in [-0.39, 0.29) is 5.95 Å². The van der Waals surface area contributed by atoms with Crippen molar-refractivity contribution in [2.75, 3.05) is 44.4 Å². The van der Waals surface area contributed by atoms with Crippen LogP contribution in [0.4, 0.5) is 24.9 Å². The molecule has 6 rings (SSSR count). The SMILES string of the molecule is CNc1nc(N)nn2ccc(-c3ccc4nnn(CC(F)F)c4n3)c12.F[C@@H]1CCN(C2COC2)C1. The smallest absolute Gasteiger partial charge is 0.258 e. The zero-order chi connectivity index (χ0) is 24.5. The van der Waals surface area contributed by atoms with Gasteiger partial charge in [-0.25, -0.2) is 27.4 Å². The summed E-state index contributed by atoms with van der Waals surface area (Å²) in [4.78, 5) is 10.8. The number of alkyl halides is 3. The number of nitrogens with zero attached hydrogens (tertiary/aromatic N) is 8. The molecule has 14 heteroatoms. The first kappa shape index (κ1) is 23.2. The molecule has 0 aromatic carbocycles. The van der Waals surface area contributed by atoms with Crippen molar-refractivity contribution in [2.45, 2.75) is 31.6 Å². The fourth-order valence-electron chi connectivity index (χ4n) is 4.19. The molecule has 2 aliphatic heterocycles. The molecule has 0 amide bonds. The monoisotopic (exact) mass is 490 g/mol. The predicted octanol–water partition coefficient (Wildman–Crippen LogP) is 1.85. The van der Waals surface area contributed by atoms with Gasteiger partial charge in [-0.1, -0.05) is 5.21 Å². The van der Waals surface area contributed by atoms with Gasteiger partial charge >= 0.3 is 0 Å². The van der Waals surface area contributed by atoms with E-state index in [0.29, 0.717) is 40.8 Å². The minimum absolute atomic E-state index is 0.127. The van der Waals surface area contributed by atoms with Gasteiger partial charge < -0.3 is 15.8 Å². The fourth-order valence-corrected chi connectivity index (χ4v) is 4.19. The molecule has 0 aliphatic carbocycles. The molecule has 6 heterocycles. The number of aromatic nitrogens is 7. The van der Waals surface area contributed by atoms with Gasteiger partial charge in [-0.3, -0.25) is 4.90 Å². The van der Waals surface area contributed by atoms with Crippen LogP contribution in [0.3, 0.4) is 0 Å². The number of halogens is 3. The minimum atomic E-state index is -2.54. The molecule has 2 saturated heterocycles. The molecule has 35 heavy (non-hydrogen) atoms. The van der Waals surface area contributed by atoms with Gasteiger partial charge in [0.2, 0.25) is 5.95 Å². The van der Waals surface area contributed by atoms with Crippen molar-refractivity contribution in [3.63, 3.8) is 0 Å². The summed E-state index contributed by atoms with van der Waals surface area (Å²) < 4.78 is 45.7. The van der Waals surface area contributed by atoms with Crippen molar-refractivity contribution < 1.29 is 17.9 Å². The number of ether oxygens (including phenoxy) is 1. The molecule has 3 N–H and O–H groups in total. The molecule has 0 unspecified atom stereocenters.